The number of aromatic hydroxyl groups is 2. The van der Waals surface area contributed by atoms with Crippen molar-refractivity contribution in [3.8, 4) is 11.5 Å². The molecular formula is C12H12O2. The summed E-state index contributed by atoms with van der Waals surface area (Å²) in [6.07, 6.45) is 0. The van der Waals surface area contributed by atoms with Crippen molar-refractivity contribution < 1.29 is 11.6 Å². The molecule has 0 amide bonds. The molecule has 0 heterocycles. The maximum Gasteiger partial charge on any atom is 0.115 e. The van der Waals surface area contributed by atoms with E-state index in [1.807, 2.05) is 6.07 Å². The molecule has 0 spiro atoms. The molecule has 0 radical (unpaired) electrons. The largest absolute Gasteiger partial charge is 0.508 e. The number of hydrogen-bond donors (Lipinski definition) is 2. The van der Waals surface area contributed by atoms with Gasteiger partial charge in [-0.15, -0.1) is 0 Å². The molecule has 0 aromatic heterocycles. The van der Waals surface area contributed by atoms with E-state index in [0.29, 0.717) is 11.8 Å². The molecule has 2 nitrogen and oxygen atoms in total. The Morgan fingerprint density at radius 1 is 0.714 bits per heavy atom. The van der Waals surface area contributed by atoms with Gasteiger partial charge in [0.05, 0.1) is 1.37 Å². The van der Waals surface area contributed by atoms with Gasteiger partial charge in [0.25, 0.3) is 0 Å². The fourth-order valence-corrected chi connectivity index (χ4v) is 0.806. The molecule has 2 aromatic carbocycles. The first-order chi connectivity index (χ1) is 7.18. The lowest BCUT2D eigenvalue weighted by Crippen LogP contribution is -1.56. The second-order valence-corrected chi connectivity index (χ2v) is 2.59. The number of para-hydroxylation sites is 2. The highest BCUT2D eigenvalue weighted by molar-refractivity contribution is 5.19. The Bertz CT molecular complexity index is 363. The Balaban J connectivity index is 0.000000151. The van der Waals surface area contributed by atoms with Crippen molar-refractivity contribution in [3.05, 3.63) is 60.6 Å². The van der Waals surface area contributed by atoms with Crippen LogP contribution in [0.25, 0.3) is 0 Å². The summed E-state index contributed by atoms with van der Waals surface area (Å²) in [7, 11) is 0. The normalized spacial score (nSPS) is 9.57. The molecule has 0 saturated carbocycles. The highest BCUT2D eigenvalue weighted by atomic mass is 16.3. The second-order valence-electron chi connectivity index (χ2n) is 2.59. The third-order valence-corrected chi connectivity index (χ3v) is 1.46. The van der Waals surface area contributed by atoms with Gasteiger partial charge in [0.2, 0.25) is 0 Å². The van der Waals surface area contributed by atoms with Crippen LogP contribution < -0.4 is 0 Å². The van der Waals surface area contributed by atoms with Crippen molar-refractivity contribution >= 4 is 0 Å². The standard InChI is InChI=1S/2C6H6O/c2*7-6-4-2-1-3-5-6/h2*1-5,7H/i1D;. The molecule has 72 valence electrons. The summed E-state index contributed by atoms with van der Waals surface area (Å²) < 4.78 is 6.98. The van der Waals surface area contributed by atoms with E-state index in [-0.39, 0.29) is 5.75 Å². The molecule has 0 aliphatic carbocycles. The summed E-state index contributed by atoms with van der Waals surface area (Å²) >= 11 is 0. The van der Waals surface area contributed by atoms with E-state index in [1.54, 1.807) is 24.3 Å². The zero-order valence-corrected chi connectivity index (χ0v) is 7.59. The molecule has 2 heteroatoms. The predicted molar refractivity (Wildman–Crippen MR) is 56.2 cm³/mol. The Hall–Kier alpha value is -1.96. The molecule has 0 unspecified atom stereocenters. The Morgan fingerprint density at radius 3 is 1.43 bits per heavy atom. The number of hydrogen-bond acceptors (Lipinski definition) is 2. The third-order valence-electron chi connectivity index (χ3n) is 1.46. The van der Waals surface area contributed by atoms with Crippen molar-refractivity contribution in [2.24, 2.45) is 0 Å². The van der Waals surface area contributed by atoms with E-state index < -0.39 is 0 Å². The Kier molecular flexibility index (Phi) is 3.48. The summed E-state index contributed by atoms with van der Waals surface area (Å²) in [5, 5.41) is 17.3. The van der Waals surface area contributed by atoms with Crippen LogP contribution in [-0.4, -0.2) is 10.2 Å². The number of phenolic OH excluding ortho intramolecular Hbond substituents is 2. The van der Waals surface area contributed by atoms with Crippen LogP contribution in [0, 0.1) is 0 Å². The van der Waals surface area contributed by atoms with Crippen molar-refractivity contribution in [2.75, 3.05) is 0 Å². The first kappa shape index (κ1) is 8.63. The van der Waals surface area contributed by atoms with Gasteiger partial charge < -0.3 is 10.2 Å². The van der Waals surface area contributed by atoms with Gasteiger partial charge in [-0.2, -0.15) is 0 Å². The second kappa shape index (κ2) is 5.65. The monoisotopic (exact) mass is 189 g/mol. The summed E-state index contributed by atoms with van der Waals surface area (Å²) in [5.74, 6) is 0.531. The quantitative estimate of drug-likeness (QED) is 0.669. The van der Waals surface area contributed by atoms with Crippen molar-refractivity contribution in [1.82, 2.24) is 0 Å². The van der Waals surface area contributed by atoms with Crippen LogP contribution in [0.4, 0.5) is 0 Å². The van der Waals surface area contributed by atoms with E-state index in [4.69, 9.17) is 11.6 Å². The SMILES string of the molecule is Oc1ccccc1.[2H]c1ccc(O)cc1. The molecule has 0 aliphatic rings. The topological polar surface area (TPSA) is 40.5 Å². The van der Waals surface area contributed by atoms with Crippen LogP contribution >= 0.6 is 0 Å². The molecule has 0 fully saturated rings. The molecule has 0 aliphatic heterocycles. The van der Waals surface area contributed by atoms with E-state index in [9.17, 15) is 0 Å². The first-order valence-corrected chi connectivity index (χ1v) is 4.18. The molecule has 0 saturated heterocycles. The van der Waals surface area contributed by atoms with Gasteiger partial charge in [-0.25, -0.2) is 0 Å². The highest BCUT2D eigenvalue weighted by Crippen LogP contribution is 2.03. The van der Waals surface area contributed by atoms with Gasteiger partial charge >= 0.3 is 0 Å². The van der Waals surface area contributed by atoms with Crippen molar-refractivity contribution in [3.63, 3.8) is 0 Å². The number of rotatable bonds is 0. The van der Waals surface area contributed by atoms with E-state index >= 15 is 0 Å². The lowest BCUT2D eigenvalue weighted by atomic mass is 10.3. The van der Waals surface area contributed by atoms with Gasteiger partial charge in [-0.1, -0.05) is 36.4 Å². The summed E-state index contributed by atoms with van der Waals surface area (Å²) in [6.45, 7) is 0. The number of benzene rings is 2. The number of phenols is 2. The zero-order valence-electron chi connectivity index (χ0n) is 8.59. The first-order valence-electron chi connectivity index (χ1n) is 4.68. The fourth-order valence-electron chi connectivity index (χ4n) is 0.806. The summed E-state index contributed by atoms with van der Waals surface area (Å²) in [6, 6.07) is 15.2. The van der Waals surface area contributed by atoms with Gasteiger partial charge in [0.15, 0.2) is 0 Å². The van der Waals surface area contributed by atoms with Crippen LogP contribution in [0.2, 0.25) is 0 Å². The van der Waals surface area contributed by atoms with Gasteiger partial charge in [-0.05, 0) is 24.3 Å². The average Bonchev–Trinajstić information content (AvgIpc) is 2.25. The van der Waals surface area contributed by atoms with Gasteiger partial charge in [0.1, 0.15) is 11.5 Å². The van der Waals surface area contributed by atoms with Crippen LogP contribution in [0.3, 0.4) is 0 Å². The van der Waals surface area contributed by atoms with Crippen LogP contribution in [0.5, 0.6) is 11.5 Å². The average molecular weight is 189 g/mol. The van der Waals surface area contributed by atoms with Crippen molar-refractivity contribution in [1.29, 1.82) is 0 Å². The van der Waals surface area contributed by atoms with E-state index in [1.165, 1.54) is 24.3 Å². The minimum absolute atomic E-state index is 0.209. The molecule has 2 rings (SSSR count). The molecule has 0 atom stereocenters. The van der Waals surface area contributed by atoms with Crippen LogP contribution in [-0.2, 0) is 0 Å². The molecule has 2 aromatic rings. The molecular weight excluding hydrogens is 176 g/mol. The maximum absolute atomic E-state index is 8.67. The highest BCUT2D eigenvalue weighted by Gasteiger charge is 1.75. The minimum Gasteiger partial charge on any atom is -0.508 e. The summed E-state index contributed by atoms with van der Waals surface area (Å²) in [4.78, 5) is 0. The Morgan fingerprint density at radius 2 is 1.14 bits per heavy atom. The van der Waals surface area contributed by atoms with Crippen LogP contribution in [0.1, 0.15) is 1.37 Å². The third kappa shape index (κ3) is 4.16. The maximum atomic E-state index is 8.67. The molecule has 2 N–H and O–H groups in total. The Labute approximate surface area is 84.5 Å². The van der Waals surface area contributed by atoms with E-state index in [2.05, 4.69) is 0 Å². The smallest absolute Gasteiger partial charge is 0.115 e. The lowest BCUT2D eigenvalue weighted by molar-refractivity contribution is 0.475. The lowest BCUT2D eigenvalue weighted by Gasteiger charge is -1.82. The molecule has 14 heavy (non-hydrogen) atoms. The zero-order chi connectivity index (χ0) is 11.1. The van der Waals surface area contributed by atoms with Gasteiger partial charge in [-0.3, -0.25) is 0 Å². The van der Waals surface area contributed by atoms with E-state index in [0.717, 1.165) is 0 Å². The minimum atomic E-state index is 0.209. The van der Waals surface area contributed by atoms with Gasteiger partial charge in [0, 0.05) is 0 Å². The fraction of sp³-hybridized carbons (Fsp3) is 0. The van der Waals surface area contributed by atoms with Crippen molar-refractivity contribution in [2.45, 2.75) is 0 Å². The molecule has 0 bridgehead atoms. The van der Waals surface area contributed by atoms with Crippen LogP contribution in [0.15, 0.2) is 60.6 Å². The summed E-state index contributed by atoms with van der Waals surface area (Å²) in [5.41, 5.74) is 0. The predicted octanol–water partition coefficient (Wildman–Crippen LogP) is 2.78.